The van der Waals surface area contributed by atoms with Crippen LogP contribution in [0.5, 0.6) is 0 Å². The first-order valence-corrected chi connectivity index (χ1v) is 0.905. The Hall–Kier alpha value is -0.190. The summed E-state index contributed by atoms with van der Waals surface area (Å²) < 4.78 is 10.5. The van der Waals surface area contributed by atoms with E-state index < -0.39 is 6.86 Å². The summed E-state index contributed by atoms with van der Waals surface area (Å²) in [6, 6.07) is 0. The molecule has 0 spiro atoms. The SMILES string of the molecule is OOOCF. The van der Waals surface area contributed by atoms with Crippen LogP contribution >= 0.6 is 0 Å². The Morgan fingerprint density at radius 2 is 2.40 bits per heavy atom. The van der Waals surface area contributed by atoms with Crippen molar-refractivity contribution in [1.29, 1.82) is 0 Å². The van der Waals surface area contributed by atoms with Crippen LogP contribution in [0.4, 0.5) is 4.39 Å². The molecule has 0 aliphatic rings. The van der Waals surface area contributed by atoms with E-state index in [9.17, 15) is 4.39 Å². The third-order valence-electron chi connectivity index (χ3n) is 0.0972. The summed E-state index contributed by atoms with van der Waals surface area (Å²) in [7, 11) is 0. The Morgan fingerprint density at radius 1 is 1.80 bits per heavy atom. The predicted octanol–water partition coefficient (Wildman–Crippen LogP) is 0.335. The van der Waals surface area contributed by atoms with Gasteiger partial charge < -0.3 is 0 Å². The van der Waals surface area contributed by atoms with Gasteiger partial charge in [0, 0.05) is 0 Å². The molecule has 0 aliphatic carbocycles. The van der Waals surface area contributed by atoms with Crippen LogP contribution in [0.15, 0.2) is 0 Å². The fourth-order valence-corrected chi connectivity index (χ4v) is 0.0199. The lowest BCUT2D eigenvalue weighted by molar-refractivity contribution is -0.499. The van der Waals surface area contributed by atoms with Crippen molar-refractivity contribution < 1.29 is 19.6 Å². The van der Waals surface area contributed by atoms with Crippen LogP contribution in [0.1, 0.15) is 0 Å². The molecule has 0 aliphatic heterocycles. The molecule has 0 fully saturated rings. The molecule has 3 nitrogen and oxygen atoms in total. The van der Waals surface area contributed by atoms with Crippen molar-refractivity contribution in [3.63, 3.8) is 0 Å². The van der Waals surface area contributed by atoms with E-state index >= 15 is 0 Å². The van der Waals surface area contributed by atoms with E-state index in [1.165, 1.54) is 0 Å². The molecular formula is CH3FO3. The lowest BCUT2D eigenvalue weighted by atomic mass is 11.6. The second-order valence-corrected chi connectivity index (χ2v) is 0.301. The van der Waals surface area contributed by atoms with Gasteiger partial charge in [-0.05, 0) is 0 Å². The van der Waals surface area contributed by atoms with Gasteiger partial charge >= 0.3 is 0 Å². The Bertz CT molecular complexity index is 14.4. The molecule has 32 valence electrons. The quantitative estimate of drug-likeness (QED) is 0.385. The molecule has 0 bridgehead atoms. The Morgan fingerprint density at radius 3 is 2.40 bits per heavy atom. The minimum absolute atomic E-state index is 1.13. The maximum absolute atomic E-state index is 10.5. The van der Waals surface area contributed by atoms with Gasteiger partial charge in [0.05, 0.1) is 0 Å². The second-order valence-electron chi connectivity index (χ2n) is 0.301. The number of hydrogen-bond donors (Lipinski definition) is 1. The topological polar surface area (TPSA) is 38.7 Å². The van der Waals surface area contributed by atoms with Crippen LogP contribution in [0, 0.1) is 0 Å². The summed E-state index contributed by atoms with van der Waals surface area (Å²) >= 11 is 0. The van der Waals surface area contributed by atoms with E-state index in [-0.39, 0.29) is 0 Å². The van der Waals surface area contributed by atoms with E-state index in [2.05, 4.69) is 9.93 Å². The molecule has 5 heavy (non-hydrogen) atoms. The van der Waals surface area contributed by atoms with Crippen LogP contribution in [0.25, 0.3) is 0 Å². The molecule has 0 aromatic heterocycles. The van der Waals surface area contributed by atoms with E-state index in [1.807, 2.05) is 0 Å². The molecule has 0 saturated carbocycles. The molecule has 0 rings (SSSR count). The first kappa shape index (κ1) is 4.81. The number of hydrogen-bond acceptors (Lipinski definition) is 3. The monoisotopic (exact) mass is 82.0 g/mol. The standard InChI is InChI=1S/CH3FO3/c2-1-4-5-3/h3H,1H2. The zero-order valence-corrected chi connectivity index (χ0v) is 2.35. The summed E-state index contributed by atoms with van der Waals surface area (Å²) in [5.41, 5.74) is 0. The minimum Gasteiger partial charge on any atom is -0.221 e. The fourth-order valence-electron chi connectivity index (χ4n) is 0.0199. The summed E-state index contributed by atoms with van der Waals surface area (Å²) in [5.74, 6) is 0. The number of halogens is 1. The van der Waals surface area contributed by atoms with Gasteiger partial charge in [-0.2, -0.15) is 4.89 Å². The molecule has 0 atom stereocenters. The molecule has 0 radical (unpaired) electrons. The van der Waals surface area contributed by atoms with Crippen LogP contribution in [0.2, 0.25) is 0 Å². The van der Waals surface area contributed by atoms with Crippen LogP contribution < -0.4 is 0 Å². The lowest BCUT2D eigenvalue weighted by Crippen LogP contribution is -1.82. The van der Waals surface area contributed by atoms with Gasteiger partial charge in [0.15, 0.2) is 0 Å². The van der Waals surface area contributed by atoms with Gasteiger partial charge in [-0.3, -0.25) is 0 Å². The minimum atomic E-state index is -1.13. The maximum Gasteiger partial charge on any atom is 0.224 e. The van der Waals surface area contributed by atoms with Crippen LogP contribution in [-0.4, -0.2) is 12.1 Å². The van der Waals surface area contributed by atoms with Crippen LogP contribution in [-0.2, 0) is 9.93 Å². The van der Waals surface area contributed by atoms with E-state index in [1.54, 1.807) is 0 Å². The summed E-state index contributed by atoms with van der Waals surface area (Å²) in [5, 5.41) is 9.92. The predicted molar refractivity (Wildman–Crippen MR) is 10.8 cm³/mol. The van der Waals surface area contributed by atoms with Gasteiger partial charge in [-0.1, -0.05) is 5.04 Å². The Labute approximate surface area is 27.8 Å². The molecule has 0 amide bonds. The van der Waals surface area contributed by atoms with E-state index in [4.69, 9.17) is 5.26 Å². The number of rotatable bonds is 2. The molecule has 4 heteroatoms. The second kappa shape index (κ2) is 3.81. The summed E-state index contributed by atoms with van der Waals surface area (Å²) in [6.07, 6.45) is 0. The normalized spacial score (nSPS) is 8.40. The highest BCUT2D eigenvalue weighted by Gasteiger charge is 1.69. The fraction of sp³-hybridized carbons (Fsp3) is 1.00. The average Bonchev–Trinajstić information content (AvgIpc) is 1.41. The molecule has 0 heterocycles. The van der Waals surface area contributed by atoms with E-state index in [0.717, 1.165) is 0 Å². The highest BCUT2D eigenvalue weighted by atomic mass is 19.1. The van der Waals surface area contributed by atoms with Gasteiger partial charge in [0.25, 0.3) is 0 Å². The largest absolute Gasteiger partial charge is 0.224 e. The molecule has 0 aromatic rings. The molecule has 0 aromatic carbocycles. The van der Waals surface area contributed by atoms with E-state index in [0.29, 0.717) is 0 Å². The Balaban J connectivity index is 2.19. The highest BCUT2D eigenvalue weighted by molar-refractivity contribution is 3.63. The van der Waals surface area contributed by atoms with Gasteiger partial charge in [0.1, 0.15) is 0 Å². The first-order valence-electron chi connectivity index (χ1n) is 0.905. The highest BCUT2D eigenvalue weighted by Crippen LogP contribution is 1.67. The Kier molecular flexibility index (Phi) is 3.67. The maximum atomic E-state index is 10.5. The van der Waals surface area contributed by atoms with Gasteiger partial charge in [-0.25, -0.2) is 9.65 Å². The lowest BCUT2D eigenvalue weighted by Gasteiger charge is -1.80. The smallest absolute Gasteiger partial charge is 0.221 e. The third kappa shape index (κ3) is 3.81. The molecule has 0 saturated heterocycles. The summed E-state index contributed by atoms with van der Waals surface area (Å²) in [6.45, 7) is -1.13. The zero-order valence-electron chi connectivity index (χ0n) is 2.35. The average molecular weight is 82.0 g/mol. The van der Waals surface area contributed by atoms with Crippen molar-refractivity contribution in [3.8, 4) is 0 Å². The zero-order chi connectivity index (χ0) is 4.12. The van der Waals surface area contributed by atoms with Crippen molar-refractivity contribution in [2.45, 2.75) is 0 Å². The van der Waals surface area contributed by atoms with Crippen molar-refractivity contribution in [3.05, 3.63) is 0 Å². The van der Waals surface area contributed by atoms with Gasteiger partial charge in [0.2, 0.25) is 6.86 Å². The first-order chi connectivity index (χ1) is 2.41. The summed E-state index contributed by atoms with van der Waals surface area (Å²) in [4.78, 5) is 3.22. The van der Waals surface area contributed by atoms with Crippen LogP contribution in [0.3, 0.4) is 0 Å². The third-order valence-corrected chi connectivity index (χ3v) is 0.0972. The molecule has 1 N–H and O–H groups in total. The van der Waals surface area contributed by atoms with Crippen molar-refractivity contribution >= 4 is 0 Å². The van der Waals surface area contributed by atoms with Crippen molar-refractivity contribution in [2.75, 3.05) is 6.86 Å². The molecular weight excluding hydrogens is 79.0 g/mol. The number of alkyl halides is 1. The van der Waals surface area contributed by atoms with Gasteiger partial charge in [-0.15, -0.1) is 0 Å². The van der Waals surface area contributed by atoms with Crippen molar-refractivity contribution in [2.24, 2.45) is 0 Å². The van der Waals surface area contributed by atoms with Crippen molar-refractivity contribution in [1.82, 2.24) is 0 Å². The molecule has 0 unspecified atom stereocenters.